The lowest BCUT2D eigenvalue weighted by molar-refractivity contribution is -0.114. The summed E-state index contributed by atoms with van der Waals surface area (Å²) < 4.78 is 0. The van der Waals surface area contributed by atoms with Gasteiger partial charge in [-0.15, -0.1) is 11.3 Å². The first kappa shape index (κ1) is 20.3. The number of nitrogens with zero attached hydrogens (tertiary/aromatic N) is 2. The summed E-state index contributed by atoms with van der Waals surface area (Å²) in [5.41, 5.74) is 4.46. The first-order valence-electron chi connectivity index (χ1n) is 9.01. The van der Waals surface area contributed by atoms with Crippen molar-refractivity contribution in [2.75, 3.05) is 29.6 Å². The molecule has 0 bridgehead atoms. The quantitative estimate of drug-likeness (QED) is 0.592. The molecule has 29 heavy (non-hydrogen) atoms. The molecule has 3 aromatic rings. The van der Waals surface area contributed by atoms with Crippen LogP contribution in [0.3, 0.4) is 0 Å². The van der Waals surface area contributed by atoms with Crippen LogP contribution in [0.1, 0.15) is 12.5 Å². The minimum atomic E-state index is -0.233. The van der Waals surface area contributed by atoms with Gasteiger partial charge in [0.05, 0.1) is 5.69 Å². The van der Waals surface area contributed by atoms with Crippen molar-refractivity contribution in [3.05, 3.63) is 65.6 Å². The van der Waals surface area contributed by atoms with Gasteiger partial charge in [0.15, 0.2) is 5.13 Å². The highest BCUT2D eigenvalue weighted by atomic mass is 32.1. The SMILES string of the molecule is CC(=O)Nc1ccc(-c2csc(NC(=O)/C=C/c3ccc(N(C)C)cc3)n2)cc1. The molecule has 7 heteroatoms. The molecule has 1 aromatic heterocycles. The molecule has 0 atom stereocenters. The number of hydrogen-bond acceptors (Lipinski definition) is 5. The topological polar surface area (TPSA) is 74.3 Å². The number of aromatic nitrogens is 1. The maximum atomic E-state index is 12.2. The van der Waals surface area contributed by atoms with Gasteiger partial charge in [-0.25, -0.2) is 4.98 Å². The average molecular weight is 407 g/mol. The normalized spacial score (nSPS) is 10.7. The third kappa shape index (κ3) is 5.76. The van der Waals surface area contributed by atoms with Crippen molar-refractivity contribution in [2.24, 2.45) is 0 Å². The molecule has 2 N–H and O–H groups in total. The summed E-state index contributed by atoms with van der Waals surface area (Å²) in [7, 11) is 3.97. The Bertz CT molecular complexity index is 1020. The van der Waals surface area contributed by atoms with E-state index in [-0.39, 0.29) is 11.8 Å². The van der Waals surface area contributed by atoms with Crippen LogP contribution >= 0.6 is 11.3 Å². The summed E-state index contributed by atoms with van der Waals surface area (Å²) in [5.74, 6) is -0.346. The number of benzene rings is 2. The van der Waals surface area contributed by atoms with Crippen LogP contribution in [0.25, 0.3) is 17.3 Å². The van der Waals surface area contributed by atoms with E-state index in [1.807, 2.05) is 72.9 Å². The van der Waals surface area contributed by atoms with Crippen molar-refractivity contribution in [2.45, 2.75) is 6.92 Å². The van der Waals surface area contributed by atoms with Crippen LogP contribution in [0.4, 0.5) is 16.5 Å². The second kappa shape index (κ2) is 9.16. The van der Waals surface area contributed by atoms with Crippen molar-refractivity contribution in [1.29, 1.82) is 0 Å². The van der Waals surface area contributed by atoms with Crippen LogP contribution in [0.5, 0.6) is 0 Å². The van der Waals surface area contributed by atoms with Gasteiger partial charge in [-0.2, -0.15) is 0 Å². The van der Waals surface area contributed by atoms with E-state index in [1.165, 1.54) is 24.3 Å². The predicted octanol–water partition coefficient (Wildman–Crippen LogP) is 4.49. The van der Waals surface area contributed by atoms with Crippen LogP contribution < -0.4 is 15.5 Å². The molecule has 0 fully saturated rings. The van der Waals surface area contributed by atoms with Crippen LogP contribution in [0, 0.1) is 0 Å². The molecule has 0 spiro atoms. The van der Waals surface area contributed by atoms with Gasteiger partial charge >= 0.3 is 0 Å². The molecule has 6 nitrogen and oxygen atoms in total. The highest BCUT2D eigenvalue weighted by Gasteiger charge is 2.07. The van der Waals surface area contributed by atoms with Gasteiger partial charge in [0.2, 0.25) is 11.8 Å². The number of nitrogens with one attached hydrogen (secondary N) is 2. The Hall–Kier alpha value is -3.45. The Balaban J connectivity index is 1.60. The summed E-state index contributed by atoms with van der Waals surface area (Å²) in [6.07, 6.45) is 3.26. The molecule has 2 aromatic carbocycles. The number of carbonyl (C=O) groups is 2. The number of hydrogen-bond donors (Lipinski definition) is 2. The standard InChI is InChI=1S/C22H22N4O2S/c1-15(27)23-18-9-7-17(8-10-18)20-14-29-22(24-20)25-21(28)13-6-16-4-11-19(12-5-16)26(2)3/h4-14H,1-3H3,(H,23,27)(H,24,25,28)/b13-6+. The summed E-state index contributed by atoms with van der Waals surface area (Å²) in [5, 5.41) is 7.93. The first-order valence-corrected chi connectivity index (χ1v) is 9.89. The van der Waals surface area contributed by atoms with Crippen molar-refractivity contribution >= 4 is 45.7 Å². The summed E-state index contributed by atoms with van der Waals surface area (Å²) in [6, 6.07) is 15.3. The van der Waals surface area contributed by atoms with Gasteiger partial charge in [-0.05, 0) is 35.9 Å². The van der Waals surface area contributed by atoms with Gasteiger partial charge in [-0.3, -0.25) is 14.9 Å². The zero-order valence-electron chi connectivity index (χ0n) is 16.5. The fraction of sp³-hybridized carbons (Fsp3) is 0.136. The molecule has 1 heterocycles. The monoisotopic (exact) mass is 406 g/mol. The Morgan fingerprint density at radius 1 is 1.00 bits per heavy atom. The van der Waals surface area contributed by atoms with Gasteiger partial charge < -0.3 is 10.2 Å². The molecular formula is C22H22N4O2S. The van der Waals surface area contributed by atoms with E-state index in [0.717, 1.165) is 28.2 Å². The average Bonchev–Trinajstić information content (AvgIpc) is 3.15. The van der Waals surface area contributed by atoms with Crippen molar-refractivity contribution in [1.82, 2.24) is 4.98 Å². The Kier molecular flexibility index (Phi) is 6.41. The first-order chi connectivity index (χ1) is 13.9. The van der Waals surface area contributed by atoms with E-state index in [4.69, 9.17) is 0 Å². The number of thiazole rings is 1. The summed E-state index contributed by atoms with van der Waals surface area (Å²) in [6.45, 7) is 1.47. The Morgan fingerprint density at radius 3 is 2.31 bits per heavy atom. The number of rotatable bonds is 6. The summed E-state index contributed by atoms with van der Waals surface area (Å²) in [4.78, 5) is 29.7. The van der Waals surface area contributed by atoms with E-state index in [1.54, 1.807) is 6.08 Å². The lowest BCUT2D eigenvalue weighted by Crippen LogP contribution is -2.08. The van der Waals surface area contributed by atoms with Crippen LogP contribution in [0.15, 0.2) is 60.0 Å². The lowest BCUT2D eigenvalue weighted by atomic mass is 10.1. The molecular weight excluding hydrogens is 384 g/mol. The van der Waals surface area contributed by atoms with Crippen molar-refractivity contribution in [3.63, 3.8) is 0 Å². The van der Waals surface area contributed by atoms with Crippen LogP contribution in [0.2, 0.25) is 0 Å². The fourth-order valence-corrected chi connectivity index (χ4v) is 3.32. The highest BCUT2D eigenvalue weighted by molar-refractivity contribution is 7.14. The Morgan fingerprint density at radius 2 is 1.69 bits per heavy atom. The zero-order valence-corrected chi connectivity index (χ0v) is 17.3. The van der Waals surface area contributed by atoms with Gasteiger partial charge in [0.25, 0.3) is 0 Å². The minimum Gasteiger partial charge on any atom is -0.378 e. The molecule has 0 saturated carbocycles. The molecule has 3 rings (SSSR count). The second-order valence-electron chi connectivity index (χ2n) is 6.60. The maximum absolute atomic E-state index is 12.2. The zero-order chi connectivity index (χ0) is 20.8. The van der Waals surface area contributed by atoms with E-state index < -0.39 is 0 Å². The number of carbonyl (C=O) groups excluding carboxylic acids is 2. The van der Waals surface area contributed by atoms with Crippen LogP contribution in [-0.2, 0) is 9.59 Å². The van der Waals surface area contributed by atoms with Gasteiger partial charge in [-0.1, -0.05) is 24.3 Å². The molecule has 0 unspecified atom stereocenters. The van der Waals surface area contributed by atoms with Crippen molar-refractivity contribution in [3.8, 4) is 11.3 Å². The Labute approximate surface area is 173 Å². The summed E-state index contributed by atoms with van der Waals surface area (Å²) >= 11 is 1.36. The largest absolute Gasteiger partial charge is 0.378 e. The van der Waals surface area contributed by atoms with Crippen molar-refractivity contribution < 1.29 is 9.59 Å². The molecule has 148 valence electrons. The highest BCUT2D eigenvalue weighted by Crippen LogP contribution is 2.26. The number of amides is 2. The predicted molar refractivity (Wildman–Crippen MR) is 120 cm³/mol. The van der Waals surface area contributed by atoms with E-state index in [2.05, 4.69) is 15.6 Å². The van der Waals surface area contributed by atoms with Crippen LogP contribution in [-0.4, -0.2) is 30.9 Å². The minimum absolute atomic E-state index is 0.113. The molecule has 0 saturated heterocycles. The fourth-order valence-electron chi connectivity index (χ4n) is 2.59. The van der Waals surface area contributed by atoms with E-state index in [9.17, 15) is 9.59 Å². The van der Waals surface area contributed by atoms with Gasteiger partial charge in [0, 0.05) is 49.4 Å². The van der Waals surface area contributed by atoms with Gasteiger partial charge in [0.1, 0.15) is 0 Å². The molecule has 2 amide bonds. The smallest absolute Gasteiger partial charge is 0.250 e. The molecule has 0 aliphatic rings. The van der Waals surface area contributed by atoms with E-state index in [0.29, 0.717) is 5.13 Å². The lowest BCUT2D eigenvalue weighted by Gasteiger charge is -2.11. The third-order valence-corrected chi connectivity index (χ3v) is 4.83. The van der Waals surface area contributed by atoms with E-state index >= 15 is 0 Å². The second-order valence-corrected chi connectivity index (χ2v) is 7.46. The third-order valence-electron chi connectivity index (χ3n) is 4.07. The number of anilines is 3. The molecule has 0 aliphatic carbocycles. The maximum Gasteiger partial charge on any atom is 0.250 e. The molecule has 0 radical (unpaired) electrons. The molecule has 0 aliphatic heterocycles.